The lowest BCUT2D eigenvalue weighted by Gasteiger charge is -2.10. The maximum atomic E-state index is 8.84. The summed E-state index contributed by atoms with van der Waals surface area (Å²) in [6.45, 7) is 1.05. The molecule has 0 spiro atoms. The van der Waals surface area contributed by atoms with Gasteiger partial charge in [-0.3, -0.25) is 0 Å². The molecule has 0 amide bonds. The third-order valence-corrected chi connectivity index (χ3v) is 2.38. The molecule has 1 fully saturated rings. The minimum atomic E-state index is 0.336. The Morgan fingerprint density at radius 1 is 1.62 bits per heavy atom. The van der Waals surface area contributed by atoms with Crippen LogP contribution < -0.4 is 5.32 Å². The van der Waals surface area contributed by atoms with Crippen LogP contribution in [0.1, 0.15) is 30.1 Å². The number of hydrogen-bond donors (Lipinski definition) is 1. The van der Waals surface area contributed by atoms with Crippen molar-refractivity contribution < 1.29 is 0 Å². The summed E-state index contributed by atoms with van der Waals surface area (Å²) < 4.78 is 0. The summed E-state index contributed by atoms with van der Waals surface area (Å²) in [5.41, 5.74) is 1.60. The maximum absolute atomic E-state index is 8.84. The number of nitrogens with zero attached hydrogens (tertiary/aromatic N) is 2. The first-order chi connectivity index (χ1) is 6.42. The molecule has 0 aliphatic carbocycles. The van der Waals surface area contributed by atoms with Gasteiger partial charge in [-0.1, -0.05) is 6.07 Å². The van der Waals surface area contributed by atoms with E-state index in [1.165, 1.54) is 6.42 Å². The number of aromatic nitrogens is 1. The first kappa shape index (κ1) is 8.21. The van der Waals surface area contributed by atoms with Gasteiger partial charge in [-0.05, 0) is 25.5 Å². The van der Waals surface area contributed by atoms with Crippen molar-refractivity contribution in [1.29, 1.82) is 5.26 Å². The minimum absolute atomic E-state index is 0.336. The van der Waals surface area contributed by atoms with Gasteiger partial charge in [0, 0.05) is 17.8 Å². The van der Waals surface area contributed by atoms with Crippen LogP contribution in [0.5, 0.6) is 0 Å². The zero-order valence-electron chi connectivity index (χ0n) is 7.33. The average molecular weight is 173 g/mol. The second kappa shape index (κ2) is 3.55. The van der Waals surface area contributed by atoms with Crippen LogP contribution in [0.25, 0.3) is 0 Å². The van der Waals surface area contributed by atoms with E-state index in [9.17, 15) is 0 Å². The molecule has 0 radical (unpaired) electrons. The first-order valence-electron chi connectivity index (χ1n) is 4.50. The molecule has 1 saturated heterocycles. The summed E-state index contributed by atoms with van der Waals surface area (Å²) in [6.07, 6.45) is 3.96. The Bertz CT molecular complexity index is 334. The highest BCUT2D eigenvalue weighted by Crippen LogP contribution is 2.24. The first-order valence-corrected chi connectivity index (χ1v) is 4.50. The molecule has 0 aromatic carbocycles. The van der Waals surface area contributed by atoms with Crippen LogP contribution in [0, 0.1) is 11.3 Å². The Morgan fingerprint density at radius 2 is 2.54 bits per heavy atom. The van der Waals surface area contributed by atoms with E-state index >= 15 is 0 Å². The molecule has 2 heterocycles. The number of pyridine rings is 1. The Labute approximate surface area is 77.4 Å². The van der Waals surface area contributed by atoms with E-state index in [-0.39, 0.29) is 0 Å². The van der Waals surface area contributed by atoms with E-state index < -0.39 is 0 Å². The van der Waals surface area contributed by atoms with Gasteiger partial charge in [0.15, 0.2) is 0 Å². The van der Waals surface area contributed by atoms with Gasteiger partial charge in [-0.15, -0.1) is 0 Å². The standard InChI is InChI=1S/C10H11N3/c11-7-10-8(3-1-5-13-10)9-4-2-6-12-9/h1,3,5,9,12H,2,4,6H2/t9-/m0/s1. The molecular formula is C10H11N3. The van der Waals surface area contributed by atoms with Gasteiger partial charge in [-0.2, -0.15) is 5.26 Å². The van der Waals surface area contributed by atoms with Crippen LogP contribution in [-0.2, 0) is 0 Å². The SMILES string of the molecule is N#Cc1ncccc1[C@@H]1CCCN1. The second-order valence-corrected chi connectivity index (χ2v) is 3.20. The van der Waals surface area contributed by atoms with E-state index in [1.54, 1.807) is 6.20 Å². The lowest BCUT2D eigenvalue weighted by atomic mass is 10.0. The second-order valence-electron chi connectivity index (χ2n) is 3.20. The maximum Gasteiger partial charge on any atom is 0.145 e. The highest BCUT2D eigenvalue weighted by atomic mass is 14.9. The van der Waals surface area contributed by atoms with Crippen molar-refractivity contribution in [2.24, 2.45) is 0 Å². The van der Waals surface area contributed by atoms with Crippen LogP contribution >= 0.6 is 0 Å². The molecule has 1 aromatic heterocycles. The zero-order valence-corrected chi connectivity index (χ0v) is 7.33. The van der Waals surface area contributed by atoms with Gasteiger partial charge in [-0.25, -0.2) is 4.98 Å². The van der Waals surface area contributed by atoms with Crippen molar-refractivity contribution in [2.75, 3.05) is 6.54 Å². The molecule has 0 unspecified atom stereocenters. The third kappa shape index (κ3) is 1.53. The van der Waals surface area contributed by atoms with E-state index in [2.05, 4.69) is 16.4 Å². The topological polar surface area (TPSA) is 48.7 Å². The fourth-order valence-electron chi connectivity index (χ4n) is 1.74. The molecular weight excluding hydrogens is 162 g/mol. The molecule has 1 N–H and O–H groups in total. The van der Waals surface area contributed by atoms with Crippen molar-refractivity contribution in [3.63, 3.8) is 0 Å². The van der Waals surface area contributed by atoms with E-state index in [1.807, 2.05) is 12.1 Å². The minimum Gasteiger partial charge on any atom is -0.310 e. The normalized spacial score (nSPS) is 21.3. The molecule has 1 aliphatic heterocycles. The highest BCUT2D eigenvalue weighted by molar-refractivity contribution is 5.33. The van der Waals surface area contributed by atoms with Gasteiger partial charge in [0.05, 0.1) is 0 Å². The monoisotopic (exact) mass is 173 g/mol. The summed E-state index contributed by atoms with van der Waals surface area (Å²) in [4.78, 5) is 4.04. The van der Waals surface area contributed by atoms with Gasteiger partial charge in [0.25, 0.3) is 0 Å². The van der Waals surface area contributed by atoms with Crippen LogP contribution in [0.4, 0.5) is 0 Å². The Morgan fingerprint density at radius 3 is 3.23 bits per heavy atom. The fourth-order valence-corrected chi connectivity index (χ4v) is 1.74. The lowest BCUT2D eigenvalue weighted by molar-refractivity contribution is 0.643. The van der Waals surface area contributed by atoms with Gasteiger partial charge >= 0.3 is 0 Å². The van der Waals surface area contributed by atoms with E-state index in [4.69, 9.17) is 5.26 Å². The highest BCUT2D eigenvalue weighted by Gasteiger charge is 2.19. The van der Waals surface area contributed by atoms with Gasteiger partial charge in [0.1, 0.15) is 11.8 Å². The Balaban J connectivity index is 2.33. The molecule has 66 valence electrons. The van der Waals surface area contributed by atoms with Crippen molar-refractivity contribution in [3.8, 4) is 6.07 Å². The summed E-state index contributed by atoms with van der Waals surface area (Å²) in [6, 6.07) is 6.32. The van der Waals surface area contributed by atoms with Gasteiger partial charge < -0.3 is 5.32 Å². The van der Waals surface area contributed by atoms with Gasteiger partial charge in [0.2, 0.25) is 0 Å². The summed E-state index contributed by atoms with van der Waals surface area (Å²) >= 11 is 0. The Kier molecular flexibility index (Phi) is 2.24. The molecule has 0 saturated carbocycles. The van der Waals surface area contributed by atoms with Crippen LogP contribution in [0.15, 0.2) is 18.3 Å². The average Bonchev–Trinajstić information content (AvgIpc) is 2.70. The van der Waals surface area contributed by atoms with Crippen molar-refractivity contribution >= 4 is 0 Å². The third-order valence-electron chi connectivity index (χ3n) is 2.38. The molecule has 3 heteroatoms. The van der Waals surface area contributed by atoms with Crippen LogP contribution in [0.2, 0.25) is 0 Å². The summed E-state index contributed by atoms with van der Waals surface area (Å²) in [5.74, 6) is 0. The largest absolute Gasteiger partial charge is 0.310 e. The summed E-state index contributed by atoms with van der Waals surface area (Å²) in [5, 5.41) is 12.2. The smallest absolute Gasteiger partial charge is 0.145 e. The molecule has 0 bridgehead atoms. The summed E-state index contributed by atoms with van der Waals surface area (Å²) in [7, 11) is 0. The number of hydrogen-bond acceptors (Lipinski definition) is 3. The molecule has 1 atom stereocenters. The number of nitrogens with one attached hydrogen (secondary N) is 1. The van der Waals surface area contributed by atoms with E-state index in [0.717, 1.165) is 18.5 Å². The predicted octanol–water partition coefficient (Wildman–Crippen LogP) is 1.38. The molecule has 3 nitrogen and oxygen atoms in total. The van der Waals surface area contributed by atoms with Crippen molar-refractivity contribution in [1.82, 2.24) is 10.3 Å². The molecule has 2 rings (SSSR count). The fraction of sp³-hybridized carbons (Fsp3) is 0.400. The Hall–Kier alpha value is -1.40. The van der Waals surface area contributed by atoms with Crippen molar-refractivity contribution in [2.45, 2.75) is 18.9 Å². The van der Waals surface area contributed by atoms with Crippen LogP contribution in [-0.4, -0.2) is 11.5 Å². The van der Waals surface area contributed by atoms with Crippen LogP contribution in [0.3, 0.4) is 0 Å². The molecule has 1 aromatic rings. The lowest BCUT2D eigenvalue weighted by Crippen LogP contribution is -2.14. The molecule has 1 aliphatic rings. The molecule has 13 heavy (non-hydrogen) atoms. The quantitative estimate of drug-likeness (QED) is 0.698. The number of rotatable bonds is 1. The zero-order chi connectivity index (χ0) is 9.10. The predicted molar refractivity (Wildman–Crippen MR) is 48.9 cm³/mol. The number of nitriles is 1. The van der Waals surface area contributed by atoms with Crippen molar-refractivity contribution in [3.05, 3.63) is 29.6 Å². The van der Waals surface area contributed by atoms with E-state index in [0.29, 0.717) is 11.7 Å².